The lowest BCUT2D eigenvalue weighted by molar-refractivity contribution is 0.359. The van der Waals surface area contributed by atoms with Gasteiger partial charge in [-0.2, -0.15) is 0 Å². The van der Waals surface area contributed by atoms with Gasteiger partial charge in [0.25, 0.3) is 0 Å². The molecule has 0 saturated heterocycles. The Bertz CT molecular complexity index is 934. The third kappa shape index (κ3) is 5.81. The summed E-state index contributed by atoms with van der Waals surface area (Å²) in [4.78, 5) is 0. The van der Waals surface area contributed by atoms with E-state index >= 15 is 0 Å². The first-order valence-electron chi connectivity index (χ1n) is 14.2. The van der Waals surface area contributed by atoms with Gasteiger partial charge in [-0.05, 0) is 99.0 Å². The van der Waals surface area contributed by atoms with Crippen molar-refractivity contribution in [3.63, 3.8) is 0 Å². The van der Waals surface area contributed by atoms with Crippen molar-refractivity contribution in [1.82, 2.24) is 0 Å². The van der Waals surface area contributed by atoms with Crippen LogP contribution in [0.4, 0.5) is 0 Å². The van der Waals surface area contributed by atoms with Crippen LogP contribution in [0.5, 0.6) is 0 Å². The molecule has 2 aliphatic rings. The van der Waals surface area contributed by atoms with Crippen LogP contribution in [0.3, 0.4) is 0 Å². The number of unbranched alkanes of at least 4 members (excludes halogenated alkanes) is 1. The van der Waals surface area contributed by atoms with Gasteiger partial charge in [0.05, 0.1) is 0 Å². The predicted molar refractivity (Wildman–Crippen MR) is 160 cm³/mol. The molecule has 191 valence electrons. The number of rotatable bonds is 13. The topological polar surface area (TPSA) is 0 Å². The fourth-order valence-electron chi connectivity index (χ4n) is 6.78. The van der Waals surface area contributed by atoms with E-state index in [0.29, 0.717) is 11.8 Å². The van der Waals surface area contributed by atoms with Gasteiger partial charge >= 0.3 is 0 Å². The standard InChI is InChI=1S/C34H52B/c1-11-15-18-26(7)28(9)32-29(20-19-27(8)31(32)25(5)6)34(21-14-4)30(24-35-23-17-13-3)33(34,10)22-16-12-2/h14-16,18-19,21-22,29-30H,5,11-13,17,20,23-24H2,1-4,6-10H3/b18-15-,21-14?,22-16?,28-26+. The fourth-order valence-corrected chi connectivity index (χ4v) is 6.78. The Kier molecular flexibility index (Phi) is 10.9. The SMILES string of the molecule is C=C(C)C1=C(/C(C)=C(C)/C=C\CC)C(C2(C=CC)C(C[B]CCCC)C2(C)C=CCC)CC=C1C. The first-order chi connectivity index (χ1) is 16.7. The van der Waals surface area contributed by atoms with Crippen molar-refractivity contribution in [3.8, 4) is 0 Å². The zero-order chi connectivity index (χ0) is 26.2. The summed E-state index contributed by atoms with van der Waals surface area (Å²) in [6.45, 7) is 25.1. The van der Waals surface area contributed by atoms with Crippen LogP contribution >= 0.6 is 0 Å². The molecule has 0 amide bonds. The molecular formula is C34H52B. The summed E-state index contributed by atoms with van der Waals surface area (Å²) in [5, 5.41) is 0. The highest BCUT2D eigenvalue weighted by Crippen LogP contribution is 2.78. The van der Waals surface area contributed by atoms with Gasteiger partial charge in [-0.25, -0.2) is 0 Å². The maximum Gasteiger partial charge on any atom is 0.109 e. The molecule has 0 N–H and O–H groups in total. The molecular weight excluding hydrogens is 419 g/mol. The third-order valence-electron chi connectivity index (χ3n) is 8.73. The van der Waals surface area contributed by atoms with E-state index < -0.39 is 0 Å². The van der Waals surface area contributed by atoms with Crippen molar-refractivity contribution in [2.24, 2.45) is 22.7 Å². The van der Waals surface area contributed by atoms with Gasteiger partial charge in [0, 0.05) is 5.41 Å². The van der Waals surface area contributed by atoms with Crippen LogP contribution in [0, 0.1) is 22.7 Å². The summed E-state index contributed by atoms with van der Waals surface area (Å²) in [7, 11) is 2.59. The Labute approximate surface area is 219 Å². The first kappa shape index (κ1) is 29.5. The zero-order valence-electron chi connectivity index (χ0n) is 24.4. The van der Waals surface area contributed by atoms with E-state index in [4.69, 9.17) is 0 Å². The molecule has 0 aliphatic heterocycles. The third-order valence-corrected chi connectivity index (χ3v) is 8.73. The summed E-state index contributed by atoms with van der Waals surface area (Å²) in [5.41, 5.74) is 8.64. The number of hydrogen-bond acceptors (Lipinski definition) is 0. The van der Waals surface area contributed by atoms with E-state index in [1.807, 2.05) is 0 Å². The molecule has 0 heterocycles. The molecule has 1 radical (unpaired) electrons. The van der Waals surface area contributed by atoms with E-state index in [1.54, 1.807) is 5.57 Å². The minimum Gasteiger partial charge on any atom is -0.0955 e. The lowest BCUT2D eigenvalue weighted by Gasteiger charge is -2.37. The largest absolute Gasteiger partial charge is 0.109 e. The van der Waals surface area contributed by atoms with Gasteiger partial charge in [0.2, 0.25) is 0 Å². The molecule has 2 aliphatic carbocycles. The second kappa shape index (κ2) is 13.0. The molecule has 0 aromatic carbocycles. The molecule has 4 atom stereocenters. The molecule has 0 bridgehead atoms. The molecule has 1 saturated carbocycles. The molecule has 0 aromatic rings. The normalized spacial score (nSPS) is 29.8. The van der Waals surface area contributed by atoms with Gasteiger partial charge in [-0.15, -0.1) is 0 Å². The molecule has 1 heteroatoms. The van der Waals surface area contributed by atoms with Crippen molar-refractivity contribution < 1.29 is 0 Å². The average molecular weight is 472 g/mol. The Morgan fingerprint density at radius 2 is 1.80 bits per heavy atom. The summed E-state index contributed by atoms with van der Waals surface area (Å²) < 4.78 is 0. The predicted octanol–water partition coefficient (Wildman–Crippen LogP) is 10.6. The van der Waals surface area contributed by atoms with Crippen molar-refractivity contribution in [1.29, 1.82) is 0 Å². The minimum absolute atomic E-state index is 0.124. The Morgan fingerprint density at radius 1 is 1.11 bits per heavy atom. The van der Waals surface area contributed by atoms with Crippen LogP contribution in [0.1, 0.15) is 94.4 Å². The van der Waals surface area contributed by atoms with Gasteiger partial charge in [0.1, 0.15) is 7.28 Å². The maximum absolute atomic E-state index is 4.46. The fraction of sp³-hybridized carbons (Fsp3) is 0.588. The molecule has 2 rings (SSSR count). The lowest BCUT2D eigenvalue weighted by Crippen LogP contribution is -2.27. The van der Waals surface area contributed by atoms with Crippen molar-refractivity contribution >= 4 is 7.28 Å². The van der Waals surface area contributed by atoms with Crippen LogP contribution in [0.15, 0.2) is 82.5 Å². The van der Waals surface area contributed by atoms with Gasteiger partial charge in [-0.3, -0.25) is 0 Å². The smallest absolute Gasteiger partial charge is 0.0955 e. The monoisotopic (exact) mass is 471 g/mol. The Morgan fingerprint density at radius 3 is 2.37 bits per heavy atom. The van der Waals surface area contributed by atoms with E-state index in [2.05, 4.69) is 119 Å². The second-order valence-corrected chi connectivity index (χ2v) is 11.1. The minimum atomic E-state index is 0.124. The summed E-state index contributed by atoms with van der Waals surface area (Å²) in [6.07, 6.45) is 25.3. The van der Waals surface area contributed by atoms with Crippen LogP contribution in [0.2, 0.25) is 12.6 Å². The number of allylic oxidation sites excluding steroid dienone is 13. The molecule has 0 nitrogen and oxygen atoms in total. The highest BCUT2D eigenvalue weighted by molar-refractivity contribution is 6.35. The summed E-state index contributed by atoms with van der Waals surface area (Å²) in [5.74, 6) is 1.08. The summed E-state index contributed by atoms with van der Waals surface area (Å²) >= 11 is 0. The first-order valence-corrected chi connectivity index (χ1v) is 14.2. The van der Waals surface area contributed by atoms with E-state index in [9.17, 15) is 0 Å². The second-order valence-electron chi connectivity index (χ2n) is 11.1. The highest BCUT2D eigenvalue weighted by atomic mass is 14.7. The Balaban J connectivity index is 2.74. The molecule has 4 unspecified atom stereocenters. The molecule has 0 spiro atoms. The van der Waals surface area contributed by atoms with Crippen LogP contribution < -0.4 is 0 Å². The number of hydrogen-bond donors (Lipinski definition) is 0. The quantitative estimate of drug-likeness (QED) is 0.108. The summed E-state index contributed by atoms with van der Waals surface area (Å²) in [6, 6.07) is 0. The molecule has 35 heavy (non-hydrogen) atoms. The highest BCUT2D eigenvalue weighted by Gasteiger charge is 2.73. The van der Waals surface area contributed by atoms with Crippen molar-refractivity contribution in [2.75, 3.05) is 0 Å². The zero-order valence-corrected chi connectivity index (χ0v) is 24.4. The average Bonchev–Trinajstić information content (AvgIpc) is 3.34. The maximum atomic E-state index is 4.46. The molecule has 0 aromatic heterocycles. The van der Waals surface area contributed by atoms with Crippen molar-refractivity contribution in [3.05, 3.63) is 82.5 Å². The van der Waals surface area contributed by atoms with E-state index in [-0.39, 0.29) is 10.8 Å². The van der Waals surface area contributed by atoms with Gasteiger partial charge in [-0.1, -0.05) is 108 Å². The van der Waals surface area contributed by atoms with Crippen LogP contribution in [-0.4, -0.2) is 7.28 Å². The van der Waals surface area contributed by atoms with Crippen molar-refractivity contribution in [2.45, 2.75) is 107 Å². The van der Waals surface area contributed by atoms with Crippen LogP contribution in [-0.2, 0) is 0 Å². The van der Waals surface area contributed by atoms with E-state index in [1.165, 1.54) is 53.3 Å². The van der Waals surface area contributed by atoms with Crippen LogP contribution in [0.25, 0.3) is 0 Å². The lowest BCUT2D eigenvalue weighted by atomic mass is 9.64. The molecule has 1 fully saturated rings. The Hall–Kier alpha value is -1.76. The van der Waals surface area contributed by atoms with Gasteiger partial charge in [0.15, 0.2) is 0 Å². The van der Waals surface area contributed by atoms with E-state index in [0.717, 1.165) is 19.3 Å². The van der Waals surface area contributed by atoms with Gasteiger partial charge < -0.3 is 0 Å².